The van der Waals surface area contributed by atoms with E-state index in [4.69, 9.17) is 4.52 Å². The minimum absolute atomic E-state index is 0.0330. The standard InChI is InChI=1S/C17H15N3O2/c1-12-18-17(22-20-12)16(21)19-15(13-8-4-2-5-9-13)14-10-6-3-7-11-14/h2-11,15H,1H3,(H,19,21). The Hall–Kier alpha value is -2.95. The van der Waals surface area contributed by atoms with Crippen LogP contribution in [0.3, 0.4) is 0 Å². The Morgan fingerprint density at radius 3 is 2.00 bits per heavy atom. The Bertz CT molecular complexity index is 714. The summed E-state index contributed by atoms with van der Waals surface area (Å²) in [6.07, 6.45) is 0. The monoisotopic (exact) mass is 293 g/mol. The van der Waals surface area contributed by atoms with Gasteiger partial charge in [0.1, 0.15) is 0 Å². The molecule has 0 aliphatic heterocycles. The number of hydrogen-bond donors (Lipinski definition) is 1. The largest absolute Gasteiger partial charge is 0.337 e. The second-order valence-corrected chi connectivity index (χ2v) is 4.87. The van der Waals surface area contributed by atoms with Gasteiger partial charge in [0, 0.05) is 0 Å². The van der Waals surface area contributed by atoms with E-state index >= 15 is 0 Å². The van der Waals surface area contributed by atoms with E-state index in [0.29, 0.717) is 5.82 Å². The summed E-state index contributed by atoms with van der Waals surface area (Å²) in [5.41, 5.74) is 1.97. The molecule has 5 nitrogen and oxygen atoms in total. The first-order chi connectivity index (χ1) is 10.7. The maximum absolute atomic E-state index is 12.3. The molecule has 1 heterocycles. The second-order valence-electron chi connectivity index (χ2n) is 4.87. The van der Waals surface area contributed by atoms with E-state index < -0.39 is 5.91 Å². The van der Waals surface area contributed by atoms with Gasteiger partial charge in [-0.25, -0.2) is 0 Å². The van der Waals surface area contributed by atoms with Crippen molar-refractivity contribution in [1.29, 1.82) is 0 Å². The van der Waals surface area contributed by atoms with Gasteiger partial charge in [-0.05, 0) is 18.1 Å². The van der Waals surface area contributed by atoms with E-state index in [0.717, 1.165) is 11.1 Å². The minimum atomic E-state index is -0.390. The summed E-state index contributed by atoms with van der Waals surface area (Å²) in [6.45, 7) is 1.67. The predicted octanol–water partition coefficient (Wildman–Crippen LogP) is 2.90. The number of rotatable bonds is 4. The van der Waals surface area contributed by atoms with Gasteiger partial charge >= 0.3 is 11.8 Å². The fourth-order valence-corrected chi connectivity index (χ4v) is 2.23. The summed E-state index contributed by atoms with van der Waals surface area (Å²) in [5.74, 6) is 0.00814. The number of aryl methyl sites for hydroxylation is 1. The summed E-state index contributed by atoms with van der Waals surface area (Å²) in [7, 11) is 0. The van der Waals surface area contributed by atoms with Crippen molar-refractivity contribution in [2.75, 3.05) is 0 Å². The van der Waals surface area contributed by atoms with E-state index in [1.54, 1.807) is 6.92 Å². The average Bonchev–Trinajstić information content (AvgIpc) is 3.01. The highest BCUT2D eigenvalue weighted by molar-refractivity contribution is 5.90. The van der Waals surface area contributed by atoms with Crippen LogP contribution in [0.15, 0.2) is 65.2 Å². The van der Waals surface area contributed by atoms with Crippen LogP contribution in [0.1, 0.15) is 33.7 Å². The minimum Gasteiger partial charge on any atom is -0.337 e. The van der Waals surface area contributed by atoms with E-state index in [-0.39, 0.29) is 11.9 Å². The first-order valence-electron chi connectivity index (χ1n) is 6.95. The Balaban J connectivity index is 1.91. The molecule has 0 aliphatic carbocycles. The molecular formula is C17H15N3O2. The van der Waals surface area contributed by atoms with Gasteiger partial charge in [0.2, 0.25) is 0 Å². The van der Waals surface area contributed by atoms with Crippen LogP contribution in [0.4, 0.5) is 0 Å². The predicted molar refractivity (Wildman–Crippen MR) is 81.2 cm³/mol. The molecule has 2 aromatic carbocycles. The van der Waals surface area contributed by atoms with Crippen molar-refractivity contribution in [3.63, 3.8) is 0 Å². The quantitative estimate of drug-likeness (QED) is 0.803. The molecule has 110 valence electrons. The summed E-state index contributed by atoms with van der Waals surface area (Å²) in [6, 6.07) is 19.2. The van der Waals surface area contributed by atoms with Crippen LogP contribution in [0.25, 0.3) is 0 Å². The first kappa shape index (κ1) is 14.0. The number of nitrogens with zero attached hydrogens (tertiary/aromatic N) is 2. The van der Waals surface area contributed by atoms with Gasteiger partial charge < -0.3 is 9.84 Å². The van der Waals surface area contributed by atoms with E-state index in [1.807, 2.05) is 60.7 Å². The molecule has 0 spiro atoms. The first-order valence-corrected chi connectivity index (χ1v) is 6.95. The van der Waals surface area contributed by atoms with E-state index in [1.165, 1.54) is 0 Å². The van der Waals surface area contributed by atoms with Crippen LogP contribution in [0.5, 0.6) is 0 Å². The highest BCUT2D eigenvalue weighted by atomic mass is 16.5. The Labute approximate surface area is 128 Å². The number of carbonyl (C=O) groups excluding carboxylic acids is 1. The SMILES string of the molecule is Cc1noc(C(=O)NC(c2ccccc2)c2ccccc2)n1. The Kier molecular flexibility index (Phi) is 3.96. The van der Waals surface area contributed by atoms with Gasteiger partial charge in [0.05, 0.1) is 6.04 Å². The summed E-state index contributed by atoms with van der Waals surface area (Å²) in [5, 5.41) is 6.59. The zero-order valence-corrected chi connectivity index (χ0v) is 12.1. The lowest BCUT2D eigenvalue weighted by Crippen LogP contribution is -2.29. The molecule has 0 atom stereocenters. The molecular weight excluding hydrogens is 278 g/mol. The second kappa shape index (κ2) is 6.22. The van der Waals surface area contributed by atoms with Crippen molar-refractivity contribution < 1.29 is 9.32 Å². The lowest BCUT2D eigenvalue weighted by molar-refractivity contribution is 0.0898. The van der Waals surface area contributed by atoms with Crippen LogP contribution < -0.4 is 5.32 Å². The maximum Gasteiger partial charge on any atom is 0.315 e. The molecule has 0 fully saturated rings. The number of carbonyl (C=O) groups is 1. The van der Waals surface area contributed by atoms with Gasteiger partial charge in [0.15, 0.2) is 5.82 Å². The number of nitrogens with one attached hydrogen (secondary N) is 1. The molecule has 3 aromatic rings. The van der Waals surface area contributed by atoms with Crippen molar-refractivity contribution in [3.05, 3.63) is 83.5 Å². The molecule has 22 heavy (non-hydrogen) atoms. The van der Waals surface area contributed by atoms with E-state index in [9.17, 15) is 4.79 Å². The molecule has 0 unspecified atom stereocenters. The molecule has 1 N–H and O–H groups in total. The average molecular weight is 293 g/mol. The smallest absolute Gasteiger partial charge is 0.315 e. The normalized spacial score (nSPS) is 10.6. The van der Waals surface area contributed by atoms with Crippen LogP contribution in [-0.2, 0) is 0 Å². The highest BCUT2D eigenvalue weighted by Crippen LogP contribution is 2.22. The molecule has 0 radical (unpaired) electrons. The van der Waals surface area contributed by atoms with Crippen molar-refractivity contribution in [2.45, 2.75) is 13.0 Å². The maximum atomic E-state index is 12.3. The van der Waals surface area contributed by atoms with E-state index in [2.05, 4.69) is 15.5 Å². The fourth-order valence-electron chi connectivity index (χ4n) is 2.23. The number of aromatic nitrogens is 2. The Morgan fingerprint density at radius 1 is 1.00 bits per heavy atom. The third-order valence-corrected chi connectivity index (χ3v) is 3.26. The molecule has 1 amide bonds. The fraction of sp³-hybridized carbons (Fsp3) is 0.118. The topological polar surface area (TPSA) is 68.0 Å². The number of hydrogen-bond acceptors (Lipinski definition) is 4. The molecule has 0 aliphatic rings. The molecule has 0 saturated heterocycles. The zero-order chi connectivity index (χ0) is 15.4. The molecule has 0 saturated carbocycles. The van der Waals surface area contributed by atoms with Crippen LogP contribution in [-0.4, -0.2) is 16.0 Å². The lowest BCUT2D eigenvalue weighted by Gasteiger charge is -2.18. The van der Waals surface area contributed by atoms with Gasteiger partial charge in [-0.1, -0.05) is 65.8 Å². The summed E-state index contributed by atoms with van der Waals surface area (Å²) >= 11 is 0. The third-order valence-electron chi connectivity index (χ3n) is 3.26. The van der Waals surface area contributed by atoms with Gasteiger partial charge in [-0.2, -0.15) is 4.98 Å². The van der Waals surface area contributed by atoms with Crippen molar-refractivity contribution >= 4 is 5.91 Å². The van der Waals surface area contributed by atoms with Gasteiger partial charge in [0.25, 0.3) is 0 Å². The van der Waals surface area contributed by atoms with Crippen molar-refractivity contribution in [2.24, 2.45) is 0 Å². The summed E-state index contributed by atoms with van der Waals surface area (Å²) in [4.78, 5) is 16.3. The number of amides is 1. The number of benzene rings is 2. The highest BCUT2D eigenvalue weighted by Gasteiger charge is 2.21. The Morgan fingerprint density at radius 2 is 1.55 bits per heavy atom. The van der Waals surface area contributed by atoms with Crippen LogP contribution in [0, 0.1) is 6.92 Å². The molecule has 1 aromatic heterocycles. The molecule has 5 heteroatoms. The van der Waals surface area contributed by atoms with Crippen LogP contribution in [0.2, 0.25) is 0 Å². The van der Waals surface area contributed by atoms with Crippen molar-refractivity contribution in [3.8, 4) is 0 Å². The van der Waals surface area contributed by atoms with Crippen molar-refractivity contribution in [1.82, 2.24) is 15.5 Å². The zero-order valence-electron chi connectivity index (χ0n) is 12.1. The van der Waals surface area contributed by atoms with Crippen LogP contribution >= 0.6 is 0 Å². The third kappa shape index (κ3) is 3.03. The lowest BCUT2D eigenvalue weighted by atomic mass is 9.99. The molecule has 3 rings (SSSR count). The van der Waals surface area contributed by atoms with Gasteiger partial charge in [-0.3, -0.25) is 4.79 Å². The van der Waals surface area contributed by atoms with Gasteiger partial charge in [-0.15, -0.1) is 0 Å². The molecule has 0 bridgehead atoms. The summed E-state index contributed by atoms with van der Waals surface area (Å²) < 4.78 is 4.93.